The predicted molar refractivity (Wildman–Crippen MR) is 131 cm³/mol. The molecule has 0 aromatic rings. The van der Waals surface area contributed by atoms with Gasteiger partial charge in [0.15, 0.2) is 11.6 Å². The highest BCUT2D eigenvalue weighted by Crippen LogP contribution is 2.72. The van der Waals surface area contributed by atoms with Gasteiger partial charge in [-0.15, -0.1) is 0 Å². The molecular formula is C29H43FO6. The highest BCUT2D eigenvalue weighted by Gasteiger charge is 2.78. The van der Waals surface area contributed by atoms with E-state index in [-0.39, 0.29) is 48.8 Å². The Morgan fingerprint density at radius 3 is 2.64 bits per heavy atom. The lowest BCUT2D eigenvalue weighted by atomic mass is 9.43. The second-order valence-electron chi connectivity index (χ2n) is 13.0. The number of carbonyl (C=O) groups is 2. The van der Waals surface area contributed by atoms with Crippen molar-refractivity contribution in [3.05, 3.63) is 11.6 Å². The van der Waals surface area contributed by atoms with E-state index in [1.165, 1.54) is 0 Å². The van der Waals surface area contributed by atoms with E-state index in [9.17, 15) is 19.8 Å². The van der Waals surface area contributed by atoms with Crippen molar-refractivity contribution in [1.29, 1.82) is 0 Å². The van der Waals surface area contributed by atoms with Crippen LogP contribution in [0.3, 0.4) is 0 Å². The molecule has 10 atom stereocenters. The number of carbonyl (C=O) groups excluding carboxylic acids is 2. The van der Waals surface area contributed by atoms with Crippen LogP contribution in [-0.2, 0) is 19.1 Å². The normalized spacial score (nSPS) is 51.4. The Morgan fingerprint density at radius 1 is 1.22 bits per heavy atom. The SMILES string of the molecule is CCCCC(C)C1(O)OCC(=O)[C@@]2(O1)[C@@H](C)C[C@H]1[C@@H]3CCC4=CC(=O)CC[C@]4(C)[C@@]3(F)[C@@H](O)C[C@@]12C. The van der Waals surface area contributed by atoms with E-state index in [0.29, 0.717) is 32.1 Å². The van der Waals surface area contributed by atoms with Gasteiger partial charge in [-0.3, -0.25) is 9.59 Å². The molecular weight excluding hydrogens is 463 g/mol. The number of Topliss-reactive ketones (excluding diaryl/α,β-unsaturated/α-hetero) is 1. The van der Waals surface area contributed by atoms with Crippen LogP contribution in [0.2, 0.25) is 0 Å². The van der Waals surface area contributed by atoms with Gasteiger partial charge in [-0.1, -0.05) is 53.0 Å². The molecule has 5 rings (SSSR count). The quantitative estimate of drug-likeness (QED) is 0.576. The van der Waals surface area contributed by atoms with Gasteiger partial charge in [-0.25, -0.2) is 4.39 Å². The van der Waals surface area contributed by atoms with Gasteiger partial charge < -0.3 is 19.7 Å². The first kappa shape index (κ1) is 26.5. The summed E-state index contributed by atoms with van der Waals surface area (Å²) >= 11 is 0. The Kier molecular flexibility index (Phi) is 6.19. The van der Waals surface area contributed by atoms with Crippen LogP contribution in [0.5, 0.6) is 0 Å². The fraction of sp³-hybridized carbons (Fsp3) is 0.862. The number of hydrogen-bond acceptors (Lipinski definition) is 6. The molecule has 1 heterocycles. The number of ether oxygens (including phenoxy) is 2. The third kappa shape index (κ3) is 3.15. The van der Waals surface area contributed by atoms with E-state index < -0.39 is 40.1 Å². The molecule has 36 heavy (non-hydrogen) atoms. The number of ketones is 2. The largest absolute Gasteiger partial charge is 0.390 e. The molecule has 0 aromatic heterocycles. The van der Waals surface area contributed by atoms with E-state index in [4.69, 9.17) is 9.47 Å². The van der Waals surface area contributed by atoms with Crippen molar-refractivity contribution in [1.82, 2.24) is 0 Å². The molecule has 0 amide bonds. The van der Waals surface area contributed by atoms with Crippen LogP contribution in [0.1, 0.15) is 92.4 Å². The number of allylic oxidation sites excluding steroid dienone is 1. The molecule has 7 heteroatoms. The first-order chi connectivity index (χ1) is 16.8. The Hall–Kier alpha value is -1.15. The zero-order valence-corrected chi connectivity index (χ0v) is 22.4. The van der Waals surface area contributed by atoms with Gasteiger partial charge in [0.05, 0.1) is 6.10 Å². The second kappa shape index (κ2) is 8.42. The summed E-state index contributed by atoms with van der Waals surface area (Å²) in [4.78, 5) is 25.9. The van der Waals surface area contributed by atoms with Gasteiger partial charge in [-0.05, 0) is 56.4 Å². The van der Waals surface area contributed by atoms with Crippen molar-refractivity contribution in [3.63, 3.8) is 0 Å². The summed E-state index contributed by atoms with van der Waals surface area (Å²) < 4.78 is 29.6. The van der Waals surface area contributed by atoms with Crippen molar-refractivity contribution in [2.24, 2.45) is 34.5 Å². The summed E-state index contributed by atoms with van der Waals surface area (Å²) in [5.41, 5.74) is -4.18. The molecule has 1 aliphatic heterocycles. The predicted octanol–water partition coefficient (Wildman–Crippen LogP) is 4.65. The Bertz CT molecular complexity index is 981. The molecule has 1 saturated heterocycles. The fourth-order valence-electron chi connectivity index (χ4n) is 9.23. The molecule has 4 aliphatic carbocycles. The van der Waals surface area contributed by atoms with Gasteiger partial charge in [-0.2, -0.15) is 0 Å². The highest BCUT2D eigenvalue weighted by molar-refractivity contribution is 5.92. The minimum absolute atomic E-state index is 0.0331. The fourth-order valence-corrected chi connectivity index (χ4v) is 9.23. The maximum atomic E-state index is 17.5. The van der Waals surface area contributed by atoms with Crippen LogP contribution in [0, 0.1) is 34.5 Å². The standard InChI is InChI=1S/C29H43FO6/c1-6-7-8-17(2)29(34)35-16-24(33)28(36-29)18(3)13-22-21-10-9-19-14-20(31)11-12-25(19,4)27(21,30)23(32)15-26(22,28)5/h14,17-18,21-23,32,34H,6-13,15-16H2,1-5H3/t17?,18-,21-,22-,23-,25-,26-,27-,28-,29?/m0/s1. The van der Waals surface area contributed by atoms with Gasteiger partial charge in [0, 0.05) is 29.1 Å². The van der Waals surface area contributed by atoms with E-state index in [1.54, 1.807) is 6.08 Å². The summed E-state index contributed by atoms with van der Waals surface area (Å²) in [6.07, 6.45) is 5.33. The summed E-state index contributed by atoms with van der Waals surface area (Å²) in [5.74, 6) is -3.36. The van der Waals surface area contributed by atoms with Gasteiger partial charge in [0.1, 0.15) is 17.9 Å². The summed E-state index contributed by atoms with van der Waals surface area (Å²) in [5, 5.41) is 23.2. The molecule has 5 aliphatic rings. The van der Waals surface area contributed by atoms with Crippen molar-refractivity contribution in [2.45, 2.75) is 116 Å². The van der Waals surface area contributed by atoms with Crippen LogP contribution in [0.4, 0.5) is 4.39 Å². The van der Waals surface area contributed by atoms with E-state index >= 15 is 4.39 Å². The molecule has 0 radical (unpaired) electrons. The Balaban J connectivity index is 1.56. The van der Waals surface area contributed by atoms with Crippen LogP contribution in [0.25, 0.3) is 0 Å². The van der Waals surface area contributed by atoms with Gasteiger partial charge >= 0.3 is 0 Å². The number of rotatable bonds is 4. The Labute approximate surface area is 214 Å². The first-order valence-corrected chi connectivity index (χ1v) is 14.0. The molecule has 4 fully saturated rings. The highest BCUT2D eigenvalue weighted by atomic mass is 19.1. The third-order valence-corrected chi connectivity index (χ3v) is 11.3. The second-order valence-corrected chi connectivity index (χ2v) is 13.0. The van der Waals surface area contributed by atoms with E-state index in [1.807, 2.05) is 27.7 Å². The van der Waals surface area contributed by atoms with Gasteiger partial charge in [0.25, 0.3) is 5.97 Å². The summed E-state index contributed by atoms with van der Waals surface area (Å²) in [7, 11) is 0. The monoisotopic (exact) mass is 506 g/mol. The lowest BCUT2D eigenvalue weighted by Gasteiger charge is -2.64. The maximum absolute atomic E-state index is 17.5. The number of alkyl halides is 1. The van der Waals surface area contributed by atoms with Gasteiger partial charge in [0.2, 0.25) is 0 Å². The molecule has 0 bridgehead atoms. The molecule has 6 nitrogen and oxygen atoms in total. The zero-order chi connectivity index (χ0) is 26.3. The van der Waals surface area contributed by atoms with Crippen molar-refractivity contribution >= 4 is 11.6 Å². The molecule has 1 spiro atoms. The molecule has 2 unspecified atom stereocenters. The average molecular weight is 507 g/mol. The third-order valence-electron chi connectivity index (χ3n) is 11.3. The molecule has 202 valence electrons. The first-order valence-electron chi connectivity index (χ1n) is 14.0. The minimum atomic E-state index is -1.90. The number of unbranched alkanes of at least 4 members (excludes halogenated alkanes) is 1. The van der Waals surface area contributed by atoms with Crippen molar-refractivity contribution in [3.8, 4) is 0 Å². The number of aliphatic hydroxyl groups excluding tert-OH is 1. The summed E-state index contributed by atoms with van der Waals surface area (Å²) in [6, 6.07) is 0. The molecule has 2 N–H and O–H groups in total. The van der Waals surface area contributed by atoms with E-state index in [0.717, 1.165) is 18.4 Å². The topological polar surface area (TPSA) is 93.1 Å². The number of halogens is 1. The number of aliphatic hydroxyl groups is 2. The molecule has 0 aromatic carbocycles. The van der Waals surface area contributed by atoms with Crippen LogP contribution >= 0.6 is 0 Å². The van der Waals surface area contributed by atoms with Crippen LogP contribution < -0.4 is 0 Å². The van der Waals surface area contributed by atoms with Crippen LogP contribution in [-0.4, -0.2) is 51.7 Å². The average Bonchev–Trinajstić information content (AvgIpc) is 3.03. The minimum Gasteiger partial charge on any atom is -0.390 e. The number of hydrogen-bond donors (Lipinski definition) is 2. The summed E-state index contributed by atoms with van der Waals surface area (Å²) in [6.45, 7) is 9.50. The maximum Gasteiger partial charge on any atom is 0.284 e. The van der Waals surface area contributed by atoms with Crippen LogP contribution in [0.15, 0.2) is 11.6 Å². The molecule has 3 saturated carbocycles. The Morgan fingerprint density at radius 2 is 1.94 bits per heavy atom. The zero-order valence-electron chi connectivity index (χ0n) is 22.4. The number of fused-ring (bicyclic) bond motifs is 6. The lowest BCUT2D eigenvalue weighted by molar-refractivity contribution is -0.440. The van der Waals surface area contributed by atoms with E-state index in [2.05, 4.69) is 6.92 Å². The van der Waals surface area contributed by atoms with Crippen molar-refractivity contribution in [2.75, 3.05) is 6.61 Å². The smallest absolute Gasteiger partial charge is 0.284 e. The van der Waals surface area contributed by atoms with Crippen molar-refractivity contribution < 1.29 is 33.7 Å². The lowest BCUT2D eigenvalue weighted by Crippen LogP contribution is -2.72.